The number of hydrogen-bond acceptors (Lipinski definition) is 4. The Kier molecular flexibility index (Phi) is 4.14. The Morgan fingerprint density at radius 2 is 1.82 bits per heavy atom. The van der Waals surface area contributed by atoms with Crippen LogP contribution in [0, 0.1) is 0 Å². The fraction of sp³-hybridized carbons (Fsp3) is 0.455. The molecule has 0 aliphatic heterocycles. The lowest BCUT2D eigenvalue weighted by Crippen LogP contribution is -2.35. The van der Waals surface area contributed by atoms with Gasteiger partial charge in [-0.2, -0.15) is 0 Å². The highest BCUT2D eigenvalue weighted by molar-refractivity contribution is 5.92. The van der Waals surface area contributed by atoms with Gasteiger partial charge in [-0.25, -0.2) is 4.98 Å². The standard InChI is InChI=1S/C11H15N3O3/c1-8(15)13-6-11(12-7-13)4-5-14(9(2)16)10(3)17/h6-7H,4-5H2,1-3H3. The van der Waals surface area contributed by atoms with Gasteiger partial charge in [0.15, 0.2) is 0 Å². The minimum atomic E-state index is -0.288. The number of carbonyl (C=O) groups excluding carboxylic acids is 3. The highest BCUT2D eigenvalue weighted by Gasteiger charge is 2.13. The van der Waals surface area contributed by atoms with Crippen molar-refractivity contribution >= 4 is 17.7 Å². The molecule has 17 heavy (non-hydrogen) atoms. The molecule has 1 rings (SSSR count). The predicted octanol–water partition coefficient (Wildman–Crippen LogP) is 0.481. The molecule has 6 nitrogen and oxygen atoms in total. The van der Waals surface area contributed by atoms with Crippen LogP contribution in [0.25, 0.3) is 0 Å². The number of amides is 2. The fourth-order valence-electron chi connectivity index (χ4n) is 1.43. The van der Waals surface area contributed by atoms with Gasteiger partial charge in [0.25, 0.3) is 0 Å². The molecule has 0 aliphatic carbocycles. The van der Waals surface area contributed by atoms with Crippen LogP contribution in [0.1, 0.15) is 31.3 Å². The van der Waals surface area contributed by atoms with Crippen LogP contribution in [0.5, 0.6) is 0 Å². The minimum absolute atomic E-state index is 0.126. The van der Waals surface area contributed by atoms with E-state index >= 15 is 0 Å². The molecule has 0 saturated carbocycles. The maximum atomic E-state index is 11.1. The van der Waals surface area contributed by atoms with E-state index in [2.05, 4.69) is 4.98 Å². The van der Waals surface area contributed by atoms with E-state index in [1.807, 2.05) is 0 Å². The average molecular weight is 237 g/mol. The molecule has 6 heteroatoms. The van der Waals surface area contributed by atoms with Gasteiger partial charge in [0, 0.05) is 39.9 Å². The Morgan fingerprint density at radius 3 is 2.24 bits per heavy atom. The summed E-state index contributed by atoms with van der Waals surface area (Å²) < 4.78 is 1.36. The van der Waals surface area contributed by atoms with Gasteiger partial charge in [-0.1, -0.05) is 0 Å². The molecule has 0 N–H and O–H groups in total. The van der Waals surface area contributed by atoms with Crippen LogP contribution >= 0.6 is 0 Å². The van der Waals surface area contributed by atoms with Gasteiger partial charge in [0.2, 0.25) is 17.7 Å². The quantitative estimate of drug-likeness (QED) is 0.766. The van der Waals surface area contributed by atoms with E-state index in [-0.39, 0.29) is 24.3 Å². The van der Waals surface area contributed by atoms with Crippen molar-refractivity contribution in [2.75, 3.05) is 6.54 Å². The zero-order chi connectivity index (χ0) is 13.0. The number of rotatable bonds is 3. The van der Waals surface area contributed by atoms with E-state index in [4.69, 9.17) is 0 Å². The first kappa shape index (κ1) is 13.1. The van der Waals surface area contributed by atoms with Crippen LogP contribution in [-0.4, -0.2) is 38.7 Å². The molecule has 0 aromatic carbocycles. The van der Waals surface area contributed by atoms with Crippen LogP contribution in [0.4, 0.5) is 0 Å². The summed E-state index contributed by atoms with van der Waals surface area (Å²) in [7, 11) is 0. The molecule has 0 saturated heterocycles. The second-order valence-electron chi connectivity index (χ2n) is 3.73. The summed E-state index contributed by atoms with van der Waals surface area (Å²) in [5.74, 6) is -0.703. The van der Waals surface area contributed by atoms with Crippen molar-refractivity contribution in [2.45, 2.75) is 27.2 Å². The lowest BCUT2D eigenvalue weighted by molar-refractivity contribution is -0.142. The van der Waals surface area contributed by atoms with Crippen molar-refractivity contribution in [1.82, 2.24) is 14.5 Å². The number of nitrogens with zero attached hydrogens (tertiary/aromatic N) is 3. The highest BCUT2D eigenvalue weighted by atomic mass is 16.2. The average Bonchev–Trinajstić information content (AvgIpc) is 2.65. The smallest absolute Gasteiger partial charge is 0.228 e. The number of aromatic nitrogens is 2. The fourth-order valence-corrected chi connectivity index (χ4v) is 1.43. The molecular weight excluding hydrogens is 222 g/mol. The molecule has 1 aromatic heterocycles. The van der Waals surface area contributed by atoms with Crippen molar-refractivity contribution in [3.8, 4) is 0 Å². The monoisotopic (exact) mass is 237 g/mol. The first-order valence-corrected chi connectivity index (χ1v) is 5.24. The lowest BCUT2D eigenvalue weighted by Gasteiger charge is -2.15. The van der Waals surface area contributed by atoms with Crippen molar-refractivity contribution in [3.63, 3.8) is 0 Å². The third-order valence-electron chi connectivity index (χ3n) is 2.35. The van der Waals surface area contributed by atoms with Gasteiger partial charge >= 0.3 is 0 Å². The Labute approximate surface area is 99.2 Å². The van der Waals surface area contributed by atoms with Gasteiger partial charge < -0.3 is 0 Å². The number of imidazole rings is 1. The van der Waals surface area contributed by atoms with Crippen molar-refractivity contribution in [3.05, 3.63) is 18.2 Å². The molecular formula is C11H15N3O3. The van der Waals surface area contributed by atoms with Gasteiger partial charge in [-0.15, -0.1) is 0 Å². The zero-order valence-corrected chi connectivity index (χ0v) is 10.1. The molecule has 0 radical (unpaired) electrons. The Morgan fingerprint density at radius 1 is 1.24 bits per heavy atom. The first-order chi connectivity index (χ1) is 7.91. The number of imide groups is 1. The van der Waals surface area contributed by atoms with E-state index in [9.17, 15) is 14.4 Å². The molecule has 1 aromatic rings. The number of hydrogen-bond donors (Lipinski definition) is 0. The van der Waals surface area contributed by atoms with Crippen molar-refractivity contribution in [1.29, 1.82) is 0 Å². The third-order valence-corrected chi connectivity index (χ3v) is 2.35. The molecule has 0 bridgehead atoms. The van der Waals surface area contributed by atoms with Gasteiger partial charge in [-0.05, 0) is 0 Å². The summed E-state index contributed by atoms with van der Waals surface area (Å²) in [6, 6.07) is 0. The molecule has 0 atom stereocenters. The topological polar surface area (TPSA) is 72.3 Å². The van der Waals surface area contributed by atoms with Crippen LogP contribution in [0.3, 0.4) is 0 Å². The van der Waals surface area contributed by atoms with Crippen LogP contribution < -0.4 is 0 Å². The van der Waals surface area contributed by atoms with E-state index in [1.165, 1.54) is 31.7 Å². The highest BCUT2D eigenvalue weighted by Crippen LogP contribution is 2.00. The third kappa shape index (κ3) is 3.51. The summed E-state index contributed by atoms with van der Waals surface area (Å²) in [5, 5.41) is 0. The maximum absolute atomic E-state index is 11.1. The second kappa shape index (κ2) is 5.38. The Balaban J connectivity index is 2.62. The summed E-state index contributed by atoms with van der Waals surface area (Å²) in [6.45, 7) is 4.40. The Hall–Kier alpha value is -1.98. The Bertz CT molecular complexity index is 437. The molecule has 0 unspecified atom stereocenters. The minimum Gasteiger partial charge on any atom is -0.283 e. The summed E-state index contributed by atoms with van der Waals surface area (Å²) in [5.41, 5.74) is 0.674. The number of carbonyl (C=O) groups is 3. The van der Waals surface area contributed by atoms with E-state index in [1.54, 1.807) is 6.20 Å². The first-order valence-electron chi connectivity index (χ1n) is 5.24. The van der Waals surface area contributed by atoms with Crippen LogP contribution in [0.2, 0.25) is 0 Å². The van der Waals surface area contributed by atoms with Gasteiger partial charge in [0.05, 0.1) is 5.69 Å². The molecule has 0 fully saturated rings. The normalized spacial score (nSPS) is 10.1. The second-order valence-corrected chi connectivity index (χ2v) is 3.73. The molecule has 1 heterocycles. The maximum Gasteiger partial charge on any atom is 0.228 e. The van der Waals surface area contributed by atoms with Crippen LogP contribution in [-0.2, 0) is 16.0 Å². The zero-order valence-electron chi connectivity index (χ0n) is 10.1. The van der Waals surface area contributed by atoms with Crippen molar-refractivity contribution < 1.29 is 14.4 Å². The van der Waals surface area contributed by atoms with Crippen molar-refractivity contribution in [2.24, 2.45) is 0 Å². The summed E-state index contributed by atoms with van der Waals surface area (Å²) in [4.78, 5) is 38.5. The molecule has 92 valence electrons. The summed E-state index contributed by atoms with van der Waals surface area (Å²) in [6.07, 6.45) is 3.46. The molecule has 2 amide bonds. The van der Waals surface area contributed by atoms with E-state index in [0.29, 0.717) is 12.1 Å². The molecule has 0 aliphatic rings. The van der Waals surface area contributed by atoms with Gasteiger partial charge in [0.1, 0.15) is 6.33 Å². The largest absolute Gasteiger partial charge is 0.283 e. The van der Waals surface area contributed by atoms with E-state index < -0.39 is 0 Å². The van der Waals surface area contributed by atoms with E-state index in [0.717, 1.165) is 4.90 Å². The molecule has 0 spiro atoms. The van der Waals surface area contributed by atoms with Gasteiger partial charge in [-0.3, -0.25) is 23.9 Å². The lowest BCUT2D eigenvalue weighted by atomic mass is 10.3. The van der Waals surface area contributed by atoms with Crippen LogP contribution in [0.15, 0.2) is 12.5 Å². The predicted molar refractivity (Wildman–Crippen MR) is 60.3 cm³/mol. The summed E-state index contributed by atoms with van der Waals surface area (Å²) >= 11 is 0. The SMILES string of the molecule is CC(=O)N(CCc1cn(C(C)=O)cn1)C(C)=O.